The first-order chi connectivity index (χ1) is 10.7. The van der Waals surface area contributed by atoms with Crippen LogP contribution in [0.4, 0.5) is 5.13 Å². The lowest BCUT2D eigenvalue weighted by Gasteiger charge is -2.31. The summed E-state index contributed by atoms with van der Waals surface area (Å²) < 4.78 is 0. The van der Waals surface area contributed by atoms with Crippen LogP contribution >= 0.6 is 11.3 Å². The van der Waals surface area contributed by atoms with Crippen molar-refractivity contribution in [3.63, 3.8) is 0 Å². The van der Waals surface area contributed by atoms with Gasteiger partial charge in [0.25, 0.3) is 0 Å². The second-order valence-electron chi connectivity index (χ2n) is 5.79. The van der Waals surface area contributed by atoms with Crippen molar-refractivity contribution in [1.82, 2.24) is 15.1 Å². The first-order valence-electron chi connectivity index (χ1n) is 7.55. The quantitative estimate of drug-likeness (QED) is 0.942. The summed E-state index contributed by atoms with van der Waals surface area (Å²) in [5.74, 6) is 0.0912. The molecule has 0 aliphatic carbocycles. The highest BCUT2D eigenvalue weighted by Gasteiger charge is 2.26. The highest BCUT2D eigenvalue weighted by atomic mass is 32.1. The van der Waals surface area contributed by atoms with Gasteiger partial charge in [0, 0.05) is 13.1 Å². The Kier molecular flexibility index (Phi) is 4.80. The van der Waals surface area contributed by atoms with Crippen molar-refractivity contribution in [3.05, 3.63) is 40.9 Å². The number of carbonyl (C=O) groups is 1. The molecule has 6 heteroatoms. The summed E-state index contributed by atoms with van der Waals surface area (Å²) in [6.07, 6.45) is 2.00. The van der Waals surface area contributed by atoms with Crippen LogP contribution in [0.25, 0.3) is 0 Å². The number of nitrogens with zero attached hydrogens (tertiary/aromatic N) is 3. The number of hydrogen-bond acceptors (Lipinski definition) is 5. The van der Waals surface area contributed by atoms with Gasteiger partial charge in [-0.3, -0.25) is 9.69 Å². The number of anilines is 1. The summed E-state index contributed by atoms with van der Waals surface area (Å²) in [5.41, 5.74) is 4.20. The Bertz CT molecular complexity index is 612. The highest BCUT2D eigenvalue weighted by Crippen LogP contribution is 2.21. The van der Waals surface area contributed by atoms with Crippen molar-refractivity contribution in [2.75, 3.05) is 18.4 Å². The van der Waals surface area contributed by atoms with E-state index in [0.29, 0.717) is 5.13 Å². The summed E-state index contributed by atoms with van der Waals surface area (Å²) in [6, 6.07) is 8.61. The number of aromatic nitrogens is 2. The molecule has 22 heavy (non-hydrogen) atoms. The number of carbonyl (C=O) groups excluding carboxylic acids is 1. The molecule has 1 aliphatic heterocycles. The van der Waals surface area contributed by atoms with E-state index in [4.69, 9.17) is 0 Å². The number of aryl methyl sites for hydroxylation is 1. The van der Waals surface area contributed by atoms with Gasteiger partial charge in [-0.05, 0) is 31.9 Å². The van der Waals surface area contributed by atoms with E-state index in [0.717, 1.165) is 32.5 Å². The number of likely N-dealkylation sites (tertiary alicyclic amines) is 1. The van der Waals surface area contributed by atoms with E-state index in [1.807, 2.05) is 0 Å². The molecule has 0 bridgehead atoms. The molecule has 2 aromatic rings. The molecule has 3 rings (SSSR count). The van der Waals surface area contributed by atoms with Crippen LogP contribution in [0.3, 0.4) is 0 Å². The molecule has 1 fully saturated rings. The van der Waals surface area contributed by atoms with Gasteiger partial charge in [0.2, 0.25) is 11.0 Å². The van der Waals surface area contributed by atoms with Crippen LogP contribution in [-0.4, -0.2) is 34.1 Å². The molecule has 0 radical (unpaired) electrons. The monoisotopic (exact) mass is 316 g/mol. The predicted octanol–water partition coefficient (Wildman–Crippen LogP) is 2.70. The molecule has 1 amide bonds. The summed E-state index contributed by atoms with van der Waals surface area (Å²) in [7, 11) is 0. The Morgan fingerprint density at radius 3 is 2.95 bits per heavy atom. The standard InChI is InChI=1S/C16H20N4OS/c1-12-4-6-13(7-5-12)9-20-8-2-3-14(10-20)15(21)18-16-19-17-11-22-16/h4-7,11,14H,2-3,8-10H2,1H3,(H,18,19,21)/t14-/m1/s1. The minimum Gasteiger partial charge on any atom is -0.300 e. The molecular formula is C16H20N4OS. The fraction of sp³-hybridized carbons (Fsp3) is 0.438. The third kappa shape index (κ3) is 3.90. The second-order valence-corrected chi connectivity index (χ2v) is 6.63. The van der Waals surface area contributed by atoms with E-state index in [1.54, 1.807) is 5.51 Å². The van der Waals surface area contributed by atoms with Gasteiger partial charge in [-0.1, -0.05) is 41.2 Å². The van der Waals surface area contributed by atoms with Gasteiger partial charge in [-0.25, -0.2) is 0 Å². The summed E-state index contributed by atoms with van der Waals surface area (Å²) in [4.78, 5) is 14.7. The topological polar surface area (TPSA) is 58.1 Å². The molecule has 1 N–H and O–H groups in total. The van der Waals surface area contributed by atoms with Crippen molar-refractivity contribution >= 4 is 22.4 Å². The number of amides is 1. The van der Waals surface area contributed by atoms with Crippen molar-refractivity contribution in [1.29, 1.82) is 0 Å². The number of piperidine rings is 1. The third-order valence-corrected chi connectivity index (χ3v) is 4.60. The average molecular weight is 316 g/mol. The molecular weight excluding hydrogens is 296 g/mol. The Morgan fingerprint density at radius 1 is 1.41 bits per heavy atom. The molecule has 116 valence electrons. The minimum absolute atomic E-state index is 0.0306. The van der Waals surface area contributed by atoms with E-state index in [9.17, 15) is 4.79 Å². The van der Waals surface area contributed by atoms with E-state index in [2.05, 4.69) is 51.6 Å². The smallest absolute Gasteiger partial charge is 0.230 e. The maximum absolute atomic E-state index is 12.3. The Hall–Kier alpha value is -1.79. The third-order valence-electron chi connectivity index (χ3n) is 3.99. The van der Waals surface area contributed by atoms with Gasteiger partial charge < -0.3 is 5.32 Å². The molecule has 0 unspecified atom stereocenters. The minimum atomic E-state index is 0.0306. The number of rotatable bonds is 4. The molecule has 1 aromatic carbocycles. The van der Waals surface area contributed by atoms with E-state index in [1.165, 1.54) is 22.5 Å². The van der Waals surface area contributed by atoms with Crippen LogP contribution in [0.5, 0.6) is 0 Å². The van der Waals surface area contributed by atoms with Crippen LogP contribution in [0.1, 0.15) is 24.0 Å². The van der Waals surface area contributed by atoms with E-state index >= 15 is 0 Å². The summed E-state index contributed by atoms with van der Waals surface area (Å²) >= 11 is 1.35. The maximum Gasteiger partial charge on any atom is 0.230 e. The van der Waals surface area contributed by atoms with Gasteiger partial charge >= 0.3 is 0 Å². The lowest BCUT2D eigenvalue weighted by molar-refractivity contribution is -0.121. The van der Waals surface area contributed by atoms with Gasteiger partial charge in [0.15, 0.2) is 0 Å². The number of hydrogen-bond donors (Lipinski definition) is 1. The van der Waals surface area contributed by atoms with Crippen molar-refractivity contribution in [2.45, 2.75) is 26.3 Å². The summed E-state index contributed by atoms with van der Waals surface area (Å²) in [5, 5.41) is 11.1. The average Bonchev–Trinajstić information content (AvgIpc) is 3.03. The first-order valence-corrected chi connectivity index (χ1v) is 8.43. The molecule has 0 spiro atoms. The normalized spacial score (nSPS) is 19.0. The number of nitrogens with one attached hydrogen (secondary N) is 1. The largest absolute Gasteiger partial charge is 0.300 e. The van der Waals surface area contributed by atoms with Gasteiger partial charge in [-0.2, -0.15) is 0 Å². The molecule has 1 saturated heterocycles. The van der Waals surface area contributed by atoms with Crippen LogP contribution in [-0.2, 0) is 11.3 Å². The Labute approximate surface area is 134 Å². The zero-order valence-corrected chi connectivity index (χ0v) is 13.5. The van der Waals surface area contributed by atoms with Gasteiger partial charge in [0.1, 0.15) is 5.51 Å². The van der Waals surface area contributed by atoms with Crippen molar-refractivity contribution < 1.29 is 4.79 Å². The maximum atomic E-state index is 12.3. The lowest BCUT2D eigenvalue weighted by Crippen LogP contribution is -2.40. The first kappa shape index (κ1) is 15.1. The molecule has 1 atom stereocenters. The SMILES string of the molecule is Cc1ccc(CN2CCC[C@@H](C(=O)Nc3nncs3)C2)cc1. The van der Waals surface area contributed by atoms with Crippen LogP contribution < -0.4 is 5.32 Å². The Balaban J connectivity index is 1.56. The fourth-order valence-corrected chi connectivity index (χ4v) is 3.25. The fourth-order valence-electron chi connectivity index (χ4n) is 2.80. The molecule has 2 heterocycles. The van der Waals surface area contributed by atoms with Gasteiger partial charge in [0.05, 0.1) is 5.92 Å². The van der Waals surface area contributed by atoms with Gasteiger partial charge in [-0.15, -0.1) is 10.2 Å². The van der Waals surface area contributed by atoms with Crippen molar-refractivity contribution in [3.8, 4) is 0 Å². The van der Waals surface area contributed by atoms with E-state index in [-0.39, 0.29) is 11.8 Å². The van der Waals surface area contributed by atoms with Crippen LogP contribution in [0, 0.1) is 12.8 Å². The molecule has 5 nitrogen and oxygen atoms in total. The second kappa shape index (κ2) is 6.98. The van der Waals surface area contributed by atoms with E-state index < -0.39 is 0 Å². The van der Waals surface area contributed by atoms with Crippen LogP contribution in [0.2, 0.25) is 0 Å². The zero-order chi connectivity index (χ0) is 15.4. The number of benzene rings is 1. The van der Waals surface area contributed by atoms with Crippen molar-refractivity contribution in [2.24, 2.45) is 5.92 Å². The summed E-state index contributed by atoms with van der Waals surface area (Å²) in [6.45, 7) is 4.86. The zero-order valence-electron chi connectivity index (χ0n) is 12.7. The molecule has 1 aliphatic rings. The highest BCUT2D eigenvalue weighted by molar-refractivity contribution is 7.13. The Morgan fingerprint density at radius 2 is 2.23 bits per heavy atom. The van der Waals surface area contributed by atoms with Crippen LogP contribution in [0.15, 0.2) is 29.8 Å². The molecule has 0 saturated carbocycles. The predicted molar refractivity (Wildman–Crippen MR) is 87.7 cm³/mol. The molecule has 1 aromatic heterocycles. The lowest BCUT2D eigenvalue weighted by atomic mass is 9.96.